The minimum absolute atomic E-state index is 0.0218. The van der Waals surface area contributed by atoms with E-state index in [1.165, 1.54) is 0 Å². The fourth-order valence-corrected chi connectivity index (χ4v) is 2.94. The average molecular weight is 355 g/mol. The van der Waals surface area contributed by atoms with Crippen LogP contribution in [0.5, 0.6) is 11.5 Å². The van der Waals surface area contributed by atoms with Crippen LogP contribution in [0.1, 0.15) is 28.4 Å². The molecule has 1 heterocycles. The van der Waals surface area contributed by atoms with Gasteiger partial charge in [-0.1, -0.05) is 18.2 Å². The summed E-state index contributed by atoms with van der Waals surface area (Å²) in [5, 5.41) is 0. The van der Waals surface area contributed by atoms with Crippen molar-refractivity contribution in [3.05, 3.63) is 59.2 Å². The molecule has 3 rings (SSSR count). The highest BCUT2D eigenvalue weighted by Crippen LogP contribution is 2.25. The van der Waals surface area contributed by atoms with E-state index in [9.17, 15) is 4.79 Å². The number of amides is 1. The first-order valence-electron chi connectivity index (χ1n) is 9.00. The van der Waals surface area contributed by atoms with Crippen molar-refractivity contribution >= 4 is 5.91 Å². The normalized spacial score (nSPS) is 14.2. The molecule has 5 heteroatoms. The maximum atomic E-state index is 12.7. The van der Waals surface area contributed by atoms with E-state index in [2.05, 4.69) is 0 Å². The number of para-hydroxylation sites is 1. The SMILES string of the molecule is CCOc1ccc(C(=O)N2CCOCC2)cc1COc1ccccc1C. The Morgan fingerprint density at radius 2 is 1.85 bits per heavy atom. The minimum atomic E-state index is 0.0218. The van der Waals surface area contributed by atoms with Gasteiger partial charge in [0.05, 0.1) is 19.8 Å². The number of hydrogen-bond acceptors (Lipinski definition) is 4. The topological polar surface area (TPSA) is 48.0 Å². The van der Waals surface area contributed by atoms with E-state index in [-0.39, 0.29) is 5.91 Å². The molecule has 2 aromatic carbocycles. The molecule has 0 radical (unpaired) electrons. The number of morpholine rings is 1. The molecule has 0 N–H and O–H groups in total. The van der Waals surface area contributed by atoms with Crippen molar-refractivity contribution in [2.24, 2.45) is 0 Å². The summed E-state index contributed by atoms with van der Waals surface area (Å²) in [5.74, 6) is 1.60. The molecule has 1 fully saturated rings. The van der Waals surface area contributed by atoms with Crippen molar-refractivity contribution in [2.45, 2.75) is 20.5 Å². The first-order valence-corrected chi connectivity index (χ1v) is 9.00. The highest BCUT2D eigenvalue weighted by Gasteiger charge is 2.20. The van der Waals surface area contributed by atoms with Crippen LogP contribution < -0.4 is 9.47 Å². The van der Waals surface area contributed by atoms with Gasteiger partial charge in [-0.15, -0.1) is 0 Å². The van der Waals surface area contributed by atoms with Crippen LogP contribution in [0, 0.1) is 6.92 Å². The van der Waals surface area contributed by atoms with E-state index in [0.717, 1.165) is 22.6 Å². The van der Waals surface area contributed by atoms with Gasteiger partial charge in [-0.25, -0.2) is 0 Å². The molecule has 1 aliphatic rings. The third kappa shape index (κ3) is 4.35. The van der Waals surface area contributed by atoms with Crippen LogP contribution in [0.4, 0.5) is 0 Å². The fraction of sp³-hybridized carbons (Fsp3) is 0.381. The molecule has 0 unspecified atom stereocenters. The Labute approximate surface area is 154 Å². The molecule has 0 atom stereocenters. The second kappa shape index (κ2) is 8.72. The lowest BCUT2D eigenvalue weighted by Crippen LogP contribution is -2.40. The number of rotatable bonds is 6. The number of hydrogen-bond donors (Lipinski definition) is 0. The molecule has 138 valence electrons. The summed E-state index contributed by atoms with van der Waals surface area (Å²) in [6.07, 6.45) is 0. The smallest absolute Gasteiger partial charge is 0.254 e. The van der Waals surface area contributed by atoms with Crippen molar-refractivity contribution in [3.8, 4) is 11.5 Å². The molecule has 1 saturated heterocycles. The molecular weight excluding hydrogens is 330 g/mol. The van der Waals surface area contributed by atoms with Crippen molar-refractivity contribution in [1.29, 1.82) is 0 Å². The first kappa shape index (κ1) is 18.3. The first-order chi connectivity index (χ1) is 12.7. The van der Waals surface area contributed by atoms with Crippen LogP contribution in [-0.4, -0.2) is 43.7 Å². The van der Waals surface area contributed by atoms with E-state index in [1.54, 1.807) is 0 Å². The molecule has 0 aliphatic carbocycles. The van der Waals surface area contributed by atoms with Crippen molar-refractivity contribution in [1.82, 2.24) is 4.90 Å². The summed E-state index contributed by atoms with van der Waals surface area (Å²) in [6, 6.07) is 13.4. The molecule has 26 heavy (non-hydrogen) atoms. The maximum absolute atomic E-state index is 12.7. The molecule has 5 nitrogen and oxygen atoms in total. The van der Waals surface area contributed by atoms with Crippen LogP contribution in [0.2, 0.25) is 0 Å². The second-order valence-corrected chi connectivity index (χ2v) is 6.21. The van der Waals surface area contributed by atoms with Gasteiger partial charge in [-0.2, -0.15) is 0 Å². The van der Waals surface area contributed by atoms with Gasteiger partial charge >= 0.3 is 0 Å². The van der Waals surface area contributed by atoms with Crippen LogP contribution in [-0.2, 0) is 11.3 Å². The maximum Gasteiger partial charge on any atom is 0.254 e. The van der Waals surface area contributed by atoms with E-state index in [4.69, 9.17) is 14.2 Å². The number of nitrogens with zero attached hydrogens (tertiary/aromatic N) is 1. The lowest BCUT2D eigenvalue weighted by atomic mass is 10.1. The van der Waals surface area contributed by atoms with Gasteiger partial charge in [0.15, 0.2) is 0 Å². The predicted molar refractivity (Wildman–Crippen MR) is 99.8 cm³/mol. The third-order valence-electron chi connectivity index (χ3n) is 4.38. The summed E-state index contributed by atoms with van der Waals surface area (Å²) >= 11 is 0. The van der Waals surface area contributed by atoms with Crippen molar-refractivity contribution < 1.29 is 19.0 Å². The zero-order chi connectivity index (χ0) is 18.4. The molecule has 0 bridgehead atoms. The van der Waals surface area contributed by atoms with Crippen molar-refractivity contribution in [3.63, 3.8) is 0 Å². The molecule has 1 aliphatic heterocycles. The average Bonchev–Trinajstić information content (AvgIpc) is 2.68. The molecule has 0 spiro atoms. The molecule has 2 aromatic rings. The van der Waals surface area contributed by atoms with Crippen LogP contribution in [0.15, 0.2) is 42.5 Å². The Morgan fingerprint density at radius 3 is 2.58 bits per heavy atom. The van der Waals surface area contributed by atoms with Gasteiger partial charge < -0.3 is 19.1 Å². The Balaban J connectivity index is 1.79. The van der Waals surface area contributed by atoms with E-state index in [0.29, 0.717) is 45.1 Å². The Kier molecular flexibility index (Phi) is 6.12. The second-order valence-electron chi connectivity index (χ2n) is 6.21. The Bertz CT molecular complexity index is 753. The third-order valence-corrected chi connectivity index (χ3v) is 4.38. The van der Waals surface area contributed by atoms with Crippen molar-refractivity contribution in [2.75, 3.05) is 32.9 Å². The van der Waals surface area contributed by atoms with E-state index >= 15 is 0 Å². The zero-order valence-electron chi connectivity index (χ0n) is 15.4. The zero-order valence-corrected chi connectivity index (χ0v) is 15.4. The number of carbonyl (C=O) groups excluding carboxylic acids is 1. The quantitative estimate of drug-likeness (QED) is 0.796. The van der Waals surface area contributed by atoms with Gasteiger partial charge in [0.2, 0.25) is 0 Å². The summed E-state index contributed by atoms with van der Waals surface area (Å²) < 4.78 is 17.0. The lowest BCUT2D eigenvalue weighted by Gasteiger charge is -2.27. The summed E-state index contributed by atoms with van der Waals surface area (Å²) in [5.41, 5.74) is 2.60. The van der Waals surface area contributed by atoms with E-state index in [1.807, 2.05) is 61.2 Å². The van der Waals surface area contributed by atoms with Gasteiger partial charge in [0, 0.05) is 24.2 Å². The Morgan fingerprint density at radius 1 is 1.08 bits per heavy atom. The van der Waals surface area contributed by atoms with E-state index < -0.39 is 0 Å². The molecule has 1 amide bonds. The van der Waals surface area contributed by atoms with Crippen LogP contribution in [0.25, 0.3) is 0 Å². The van der Waals surface area contributed by atoms with Crippen LogP contribution >= 0.6 is 0 Å². The number of ether oxygens (including phenoxy) is 3. The number of carbonyl (C=O) groups is 1. The fourth-order valence-electron chi connectivity index (χ4n) is 2.94. The standard InChI is InChI=1S/C21H25NO4/c1-3-25-20-9-8-17(21(23)22-10-12-24-13-11-22)14-18(20)15-26-19-7-5-4-6-16(19)2/h4-9,14H,3,10-13,15H2,1-2H3. The lowest BCUT2D eigenvalue weighted by molar-refractivity contribution is 0.0302. The highest BCUT2D eigenvalue weighted by molar-refractivity contribution is 5.94. The minimum Gasteiger partial charge on any atom is -0.493 e. The molecule has 0 saturated carbocycles. The van der Waals surface area contributed by atoms with Crippen LogP contribution in [0.3, 0.4) is 0 Å². The monoisotopic (exact) mass is 355 g/mol. The predicted octanol–water partition coefficient (Wildman–Crippen LogP) is 3.45. The van der Waals surface area contributed by atoms with Gasteiger partial charge in [-0.05, 0) is 43.7 Å². The highest BCUT2D eigenvalue weighted by atomic mass is 16.5. The summed E-state index contributed by atoms with van der Waals surface area (Å²) in [7, 11) is 0. The Hall–Kier alpha value is -2.53. The molecular formula is C21H25NO4. The number of aryl methyl sites for hydroxylation is 1. The number of benzene rings is 2. The molecule has 0 aromatic heterocycles. The van der Waals surface area contributed by atoms with Gasteiger partial charge in [0.25, 0.3) is 5.91 Å². The van der Waals surface area contributed by atoms with Gasteiger partial charge in [0.1, 0.15) is 18.1 Å². The van der Waals surface area contributed by atoms with Gasteiger partial charge in [-0.3, -0.25) is 4.79 Å². The summed E-state index contributed by atoms with van der Waals surface area (Å²) in [6.45, 7) is 7.30. The largest absolute Gasteiger partial charge is 0.493 e. The summed E-state index contributed by atoms with van der Waals surface area (Å²) in [4.78, 5) is 14.6.